The van der Waals surface area contributed by atoms with Gasteiger partial charge in [-0.25, -0.2) is 9.97 Å². The molecule has 0 aliphatic carbocycles. The van der Waals surface area contributed by atoms with E-state index in [4.69, 9.17) is 16.3 Å². The molecule has 0 saturated heterocycles. The standard InChI is InChI=1S/C16H11ClF3N3O/c1-9-4-2-6-11-12(9)23-14(17)15(22-11)24-13(16(18,19)20)10-5-3-7-21-8-10/h2-8,13H,1H3. The molecule has 24 heavy (non-hydrogen) atoms. The van der Waals surface area contributed by atoms with Gasteiger partial charge in [0, 0.05) is 18.0 Å². The molecule has 1 unspecified atom stereocenters. The first-order chi connectivity index (χ1) is 11.4. The Morgan fingerprint density at radius 1 is 1.12 bits per heavy atom. The molecule has 0 saturated carbocycles. The number of aromatic nitrogens is 3. The lowest BCUT2D eigenvalue weighted by Gasteiger charge is -2.21. The van der Waals surface area contributed by atoms with Crippen molar-refractivity contribution in [2.45, 2.75) is 19.2 Å². The van der Waals surface area contributed by atoms with Crippen LogP contribution in [0.3, 0.4) is 0 Å². The van der Waals surface area contributed by atoms with E-state index >= 15 is 0 Å². The predicted octanol–water partition coefficient (Wildman–Crippen LogP) is 4.67. The van der Waals surface area contributed by atoms with Gasteiger partial charge in [-0.2, -0.15) is 13.2 Å². The molecular formula is C16H11ClF3N3O. The third-order valence-electron chi connectivity index (χ3n) is 3.34. The Labute approximate surface area is 140 Å². The maximum atomic E-state index is 13.4. The Kier molecular flexibility index (Phi) is 4.28. The highest BCUT2D eigenvalue weighted by molar-refractivity contribution is 6.31. The molecule has 3 aromatic rings. The number of hydrogen-bond donors (Lipinski definition) is 0. The minimum atomic E-state index is -4.66. The summed E-state index contributed by atoms with van der Waals surface area (Å²) in [5.41, 5.74) is 1.58. The minimum Gasteiger partial charge on any atom is -0.457 e. The third-order valence-corrected chi connectivity index (χ3v) is 3.59. The van der Waals surface area contributed by atoms with Gasteiger partial charge in [0.2, 0.25) is 6.10 Å². The minimum absolute atomic E-state index is 0.146. The van der Waals surface area contributed by atoms with Crippen LogP contribution in [0.25, 0.3) is 11.0 Å². The Hall–Kier alpha value is -2.41. The van der Waals surface area contributed by atoms with Gasteiger partial charge in [0.15, 0.2) is 5.15 Å². The Balaban J connectivity index is 2.04. The van der Waals surface area contributed by atoms with Crippen molar-refractivity contribution in [1.82, 2.24) is 15.0 Å². The van der Waals surface area contributed by atoms with E-state index in [9.17, 15) is 13.2 Å². The fourth-order valence-corrected chi connectivity index (χ4v) is 2.39. The second kappa shape index (κ2) is 6.24. The number of halogens is 4. The SMILES string of the molecule is Cc1cccc2nc(OC(c3cccnc3)C(F)(F)F)c(Cl)nc12. The van der Waals surface area contributed by atoms with Crippen LogP contribution in [-0.4, -0.2) is 21.1 Å². The van der Waals surface area contributed by atoms with E-state index in [0.29, 0.717) is 11.0 Å². The lowest BCUT2D eigenvalue weighted by molar-refractivity contribution is -0.198. The van der Waals surface area contributed by atoms with E-state index in [1.807, 2.05) is 13.0 Å². The van der Waals surface area contributed by atoms with Gasteiger partial charge in [-0.15, -0.1) is 0 Å². The average Bonchev–Trinajstić information content (AvgIpc) is 2.53. The maximum absolute atomic E-state index is 13.4. The quantitative estimate of drug-likeness (QED) is 0.686. The highest BCUT2D eigenvalue weighted by Crippen LogP contribution is 2.38. The van der Waals surface area contributed by atoms with Crippen molar-refractivity contribution in [3.63, 3.8) is 0 Å². The molecule has 0 N–H and O–H groups in total. The molecule has 0 aliphatic heterocycles. The molecular weight excluding hydrogens is 343 g/mol. The lowest BCUT2D eigenvalue weighted by atomic mass is 10.1. The van der Waals surface area contributed by atoms with Gasteiger partial charge in [-0.1, -0.05) is 29.8 Å². The van der Waals surface area contributed by atoms with Crippen molar-refractivity contribution in [2.24, 2.45) is 0 Å². The number of aryl methyl sites for hydroxylation is 1. The molecule has 8 heteroatoms. The Morgan fingerprint density at radius 2 is 1.92 bits per heavy atom. The van der Waals surface area contributed by atoms with Gasteiger partial charge in [0.1, 0.15) is 0 Å². The van der Waals surface area contributed by atoms with Crippen LogP contribution in [0.1, 0.15) is 17.2 Å². The molecule has 124 valence electrons. The van der Waals surface area contributed by atoms with Gasteiger partial charge in [-0.3, -0.25) is 4.98 Å². The Morgan fingerprint density at radius 3 is 2.58 bits per heavy atom. The number of hydrogen-bond acceptors (Lipinski definition) is 4. The smallest absolute Gasteiger partial charge is 0.429 e. The van der Waals surface area contributed by atoms with Crippen LogP contribution < -0.4 is 4.74 Å². The van der Waals surface area contributed by atoms with Crippen LogP contribution in [0.4, 0.5) is 13.2 Å². The second-order valence-electron chi connectivity index (χ2n) is 5.09. The zero-order chi connectivity index (χ0) is 17.3. The first-order valence-electron chi connectivity index (χ1n) is 6.92. The highest BCUT2D eigenvalue weighted by Gasteiger charge is 2.44. The number of rotatable bonds is 3. The van der Waals surface area contributed by atoms with Crippen LogP contribution in [0.2, 0.25) is 5.15 Å². The van der Waals surface area contributed by atoms with Gasteiger partial charge >= 0.3 is 6.18 Å². The largest absolute Gasteiger partial charge is 0.457 e. The van der Waals surface area contributed by atoms with Crippen LogP contribution >= 0.6 is 11.6 Å². The molecule has 2 heterocycles. The second-order valence-corrected chi connectivity index (χ2v) is 5.45. The fourth-order valence-electron chi connectivity index (χ4n) is 2.22. The topological polar surface area (TPSA) is 47.9 Å². The van der Waals surface area contributed by atoms with E-state index in [1.165, 1.54) is 18.3 Å². The number of alkyl halides is 3. The van der Waals surface area contributed by atoms with Crippen LogP contribution in [0, 0.1) is 6.92 Å². The van der Waals surface area contributed by atoms with E-state index in [0.717, 1.165) is 11.8 Å². The van der Waals surface area contributed by atoms with Gasteiger partial charge in [0.25, 0.3) is 5.88 Å². The molecule has 0 fully saturated rings. The van der Waals surface area contributed by atoms with Crippen molar-refractivity contribution in [3.05, 3.63) is 59.0 Å². The molecule has 2 aromatic heterocycles. The number of fused-ring (bicyclic) bond motifs is 1. The summed E-state index contributed by atoms with van der Waals surface area (Å²) in [6.45, 7) is 1.81. The van der Waals surface area contributed by atoms with Crippen molar-refractivity contribution in [1.29, 1.82) is 0 Å². The summed E-state index contributed by atoms with van der Waals surface area (Å²) >= 11 is 5.98. The van der Waals surface area contributed by atoms with E-state index < -0.39 is 12.3 Å². The molecule has 0 bridgehead atoms. The number of nitrogens with zero attached hydrogens (tertiary/aromatic N) is 3. The summed E-state index contributed by atoms with van der Waals surface area (Å²) in [5, 5.41) is -0.227. The van der Waals surface area contributed by atoms with Crippen molar-refractivity contribution in [2.75, 3.05) is 0 Å². The number of para-hydroxylation sites is 1. The molecule has 1 atom stereocenters. The summed E-state index contributed by atoms with van der Waals surface area (Å²) < 4.78 is 45.1. The molecule has 0 aliphatic rings. The molecule has 0 radical (unpaired) electrons. The van der Waals surface area contributed by atoms with Crippen molar-refractivity contribution >= 4 is 22.6 Å². The van der Waals surface area contributed by atoms with E-state index in [-0.39, 0.29) is 16.6 Å². The monoisotopic (exact) mass is 353 g/mol. The van der Waals surface area contributed by atoms with Crippen LogP contribution in [0.5, 0.6) is 5.88 Å². The predicted molar refractivity (Wildman–Crippen MR) is 82.9 cm³/mol. The van der Waals surface area contributed by atoms with Gasteiger partial charge in [0.05, 0.1) is 11.0 Å². The summed E-state index contributed by atoms with van der Waals surface area (Å²) in [4.78, 5) is 11.9. The molecule has 3 rings (SSSR count). The Bertz CT molecular complexity index is 872. The fraction of sp³-hybridized carbons (Fsp3) is 0.188. The van der Waals surface area contributed by atoms with Crippen LogP contribution in [-0.2, 0) is 0 Å². The number of benzene rings is 1. The van der Waals surface area contributed by atoms with Crippen LogP contribution in [0.15, 0.2) is 42.7 Å². The molecule has 0 amide bonds. The number of pyridine rings is 1. The highest BCUT2D eigenvalue weighted by atomic mass is 35.5. The first kappa shape index (κ1) is 16.4. The summed E-state index contributed by atoms with van der Waals surface area (Å²) in [6, 6.07) is 7.84. The lowest BCUT2D eigenvalue weighted by Crippen LogP contribution is -2.26. The molecule has 1 aromatic carbocycles. The molecule has 0 spiro atoms. The summed E-state index contributed by atoms with van der Waals surface area (Å²) in [5.74, 6) is -0.374. The maximum Gasteiger partial charge on any atom is 0.429 e. The van der Waals surface area contributed by atoms with Crippen molar-refractivity contribution < 1.29 is 17.9 Å². The number of ether oxygens (including phenoxy) is 1. The average molecular weight is 354 g/mol. The zero-order valence-electron chi connectivity index (χ0n) is 12.4. The normalized spacial score (nSPS) is 13.0. The third kappa shape index (κ3) is 3.26. The zero-order valence-corrected chi connectivity index (χ0v) is 13.1. The van der Waals surface area contributed by atoms with Gasteiger partial charge < -0.3 is 4.74 Å². The van der Waals surface area contributed by atoms with Gasteiger partial charge in [-0.05, 0) is 24.6 Å². The first-order valence-corrected chi connectivity index (χ1v) is 7.30. The summed E-state index contributed by atoms with van der Waals surface area (Å²) in [6.07, 6.45) is -4.43. The summed E-state index contributed by atoms with van der Waals surface area (Å²) in [7, 11) is 0. The molecule has 4 nitrogen and oxygen atoms in total. The van der Waals surface area contributed by atoms with E-state index in [1.54, 1.807) is 12.1 Å². The van der Waals surface area contributed by atoms with Crippen molar-refractivity contribution in [3.8, 4) is 5.88 Å². The van der Waals surface area contributed by atoms with E-state index in [2.05, 4.69) is 15.0 Å².